The molecule has 14 heteroatoms. The van der Waals surface area contributed by atoms with E-state index in [1.54, 1.807) is 11.8 Å². The van der Waals surface area contributed by atoms with Gasteiger partial charge >= 0.3 is 10.5 Å². The van der Waals surface area contributed by atoms with E-state index in [-0.39, 0.29) is 27.6 Å². The third-order valence-electron chi connectivity index (χ3n) is 5.37. The van der Waals surface area contributed by atoms with E-state index in [1.807, 2.05) is 30.3 Å². The van der Waals surface area contributed by atoms with Gasteiger partial charge in [-0.05, 0) is 42.5 Å². The fourth-order valence-corrected chi connectivity index (χ4v) is 6.50. The van der Waals surface area contributed by atoms with Crippen molar-refractivity contribution in [1.29, 1.82) is 0 Å². The fraction of sp³-hybridized carbons (Fsp3) is 0.240. The highest BCUT2D eigenvalue weighted by molar-refractivity contribution is 7.99. The van der Waals surface area contributed by atoms with E-state index in [1.165, 1.54) is 54.9 Å². The van der Waals surface area contributed by atoms with Crippen LogP contribution in [0.4, 0.5) is 11.4 Å². The minimum Gasteiger partial charge on any atom is -0.493 e. The molecular weight excluding hydrogens is 586 g/mol. The number of methoxy groups -OCH3 is 2. The number of benzene rings is 3. The van der Waals surface area contributed by atoms with Gasteiger partial charge in [0.25, 0.3) is 5.91 Å². The lowest BCUT2D eigenvalue weighted by Gasteiger charge is -2.25. The van der Waals surface area contributed by atoms with Crippen LogP contribution in [0.3, 0.4) is 0 Å². The molecule has 0 aromatic heterocycles. The SMILES string of the molecule is COc1cc(N=S(=O)=O)c(C(=O)Nc2ccc(S(=O)(=O)N3CCSCC3)cc2)cc1OC.Clc1ccccc1. The minimum absolute atomic E-state index is 0.0608. The second-order valence-corrected chi connectivity index (χ2v) is 12.0. The first kappa shape index (κ1) is 30.4. The number of amides is 1. The van der Waals surface area contributed by atoms with Crippen molar-refractivity contribution in [2.75, 3.05) is 44.1 Å². The van der Waals surface area contributed by atoms with Crippen LogP contribution in [0.25, 0.3) is 0 Å². The average Bonchev–Trinajstić information content (AvgIpc) is 2.94. The quantitative estimate of drug-likeness (QED) is 0.406. The van der Waals surface area contributed by atoms with Crippen molar-refractivity contribution >= 4 is 61.2 Å². The van der Waals surface area contributed by atoms with E-state index in [4.69, 9.17) is 21.1 Å². The molecule has 1 aliphatic rings. The first-order valence-electron chi connectivity index (χ1n) is 11.4. The highest BCUT2D eigenvalue weighted by Gasteiger charge is 2.26. The number of sulfonamides is 1. The fourth-order valence-electron chi connectivity index (χ4n) is 3.47. The topological polar surface area (TPSA) is 131 Å². The summed E-state index contributed by atoms with van der Waals surface area (Å²) in [7, 11) is -3.66. The molecule has 0 bridgehead atoms. The molecule has 10 nitrogen and oxygen atoms in total. The summed E-state index contributed by atoms with van der Waals surface area (Å²) in [5, 5.41) is 3.40. The van der Waals surface area contributed by atoms with Gasteiger partial charge in [0.05, 0.1) is 30.4 Å². The Morgan fingerprint density at radius 2 is 1.56 bits per heavy atom. The van der Waals surface area contributed by atoms with Crippen LogP contribution >= 0.6 is 23.4 Å². The first-order valence-corrected chi connectivity index (χ1v) is 15.4. The van der Waals surface area contributed by atoms with Crippen LogP contribution in [0, 0.1) is 0 Å². The maximum Gasteiger partial charge on any atom is 0.316 e. The molecule has 1 aliphatic heterocycles. The van der Waals surface area contributed by atoms with Gasteiger partial charge < -0.3 is 14.8 Å². The molecule has 4 rings (SSSR count). The number of carbonyl (C=O) groups is 1. The Labute approximate surface area is 238 Å². The lowest BCUT2D eigenvalue weighted by Crippen LogP contribution is -2.37. The van der Waals surface area contributed by atoms with Gasteiger partial charge in [0.15, 0.2) is 11.5 Å². The summed E-state index contributed by atoms with van der Waals surface area (Å²) < 4.78 is 62.9. The predicted molar refractivity (Wildman–Crippen MR) is 152 cm³/mol. The van der Waals surface area contributed by atoms with Gasteiger partial charge in [-0.15, -0.1) is 4.36 Å². The summed E-state index contributed by atoms with van der Waals surface area (Å²) in [6.45, 7) is 0.913. The second kappa shape index (κ2) is 14.3. The summed E-state index contributed by atoms with van der Waals surface area (Å²) in [5.74, 6) is 1.27. The second-order valence-electron chi connectivity index (χ2n) is 7.82. The number of hydrogen-bond donors (Lipinski definition) is 1. The number of carbonyl (C=O) groups excluding carboxylic acids is 1. The maximum absolute atomic E-state index is 12.8. The molecule has 0 atom stereocenters. The van der Waals surface area contributed by atoms with Crippen molar-refractivity contribution in [3.8, 4) is 11.5 Å². The normalized spacial score (nSPS) is 13.4. The third kappa shape index (κ3) is 8.44. The third-order valence-corrected chi connectivity index (χ3v) is 8.83. The highest BCUT2D eigenvalue weighted by Crippen LogP contribution is 2.35. The number of halogens is 1. The number of thioether (sulfide) groups is 1. The Morgan fingerprint density at radius 1 is 0.974 bits per heavy atom. The predicted octanol–water partition coefficient (Wildman–Crippen LogP) is 4.73. The molecule has 1 amide bonds. The van der Waals surface area contributed by atoms with Gasteiger partial charge in [0.2, 0.25) is 10.0 Å². The average molecular weight is 612 g/mol. The van der Waals surface area contributed by atoms with Gasteiger partial charge in [-0.1, -0.05) is 29.8 Å². The molecule has 0 aliphatic carbocycles. The number of nitrogens with zero attached hydrogens (tertiary/aromatic N) is 2. The van der Waals surface area contributed by atoms with Gasteiger partial charge in [0.1, 0.15) is 0 Å². The monoisotopic (exact) mass is 611 g/mol. The molecule has 208 valence electrons. The van der Waals surface area contributed by atoms with Crippen molar-refractivity contribution in [1.82, 2.24) is 4.31 Å². The standard InChI is InChI=1S/C19H21N3O7S3.C6H5Cl/c1-28-17-11-15(16(21-31(24)25)12-18(17)29-2)19(23)20-13-3-5-14(6-4-13)32(26,27)22-7-9-30-10-8-22;7-6-4-2-1-3-5-6/h3-6,11-12H,7-10H2,1-2H3,(H,20,23);1-5H. The molecule has 1 fully saturated rings. The van der Waals surface area contributed by atoms with Crippen molar-refractivity contribution in [3.05, 3.63) is 77.3 Å². The van der Waals surface area contributed by atoms with Crippen LogP contribution in [0.5, 0.6) is 11.5 Å². The van der Waals surface area contributed by atoms with Crippen LogP contribution in [0.15, 0.2) is 76.0 Å². The number of rotatable bonds is 7. The Balaban J connectivity index is 0.000000520. The molecule has 1 saturated heterocycles. The Kier molecular flexibility index (Phi) is 11.2. The zero-order chi connectivity index (χ0) is 28.4. The van der Waals surface area contributed by atoms with Crippen LogP contribution in [-0.2, 0) is 20.5 Å². The molecule has 1 heterocycles. The molecule has 39 heavy (non-hydrogen) atoms. The van der Waals surface area contributed by atoms with E-state index >= 15 is 0 Å². The molecular formula is C25H26ClN3O7S3. The van der Waals surface area contributed by atoms with Gasteiger partial charge in [0, 0.05) is 41.4 Å². The Morgan fingerprint density at radius 3 is 2.08 bits per heavy atom. The Hall–Kier alpha value is -3.10. The maximum atomic E-state index is 12.8. The number of nitrogens with one attached hydrogen (secondary N) is 1. The largest absolute Gasteiger partial charge is 0.493 e. The molecule has 3 aromatic rings. The lowest BCUT2D eigenvalue weighted by molar-refractivity contribution is 0.102. The molecule has 1 N–H and O–H groups in total. The summed E-state index contributed by atoms with van der Waals surface area (Å²) >= 11 is 7.25. The number of ether oxygens (including phenoxy) is 2. The molecule has 0 spiro atoms. The van der Waals surface area contributed by atoms with E-state index in [0.717, 1.165) is 16.5 Å². The van der Waals surface area contributed by atoms with Crippen LogP contribution in [0.2, 0.25) is 5.02 Å². The molecule has 0 unspecified atom stereocenters. The lowest BCUT2D eigenvalue weighted by atomic mass is 10.1. The molecule has 0 saturated carbocycles. The molecule has 0 radical (unpaired) electrons. The zero-order valence-electron chi connectivity index (χ0n) is 21.0. The van der Waals surface area contributed by atoms with Gasteiger partial charge in [-0.2, -0.15) is 24.5 Å². The number of anilines is 1. The van der Waals surface area contributed by atoms with E-state index in [0.29, 0.717) is 18.8 Å². The van der Waals surface area contributed by atoms with Crippen molar-refractivity contribution in [3.63, 3.8) is 0 Å². The Bertz CT molecular complexity index is 1520. The van der Waals surface area contributed by atoms with Crippen molar-refractivity contribution < 1.29 is 31.1 Å². The van der Waals surface area contributed by atoms with Crippen molar-refractivity contribution in [2.24, 2.45) is 4.36 Å². The summed E-state index contributed by atoms with van der Waals surface area (Å²) in [6, 6.07) is 17.8. The van der Waals surface area contributed by atoms with Gasteiger partial charge in [-0.25, -0.2) is 8.42 Å². The first-order chi connectivity index (χ1) is 18.6. The summed E-state index contributed by atoms with van der Waals surface area (Å²) in [6.07, 6.45) is 0. The van der Waals surface area contributed by atoms with Crippen LogP contribution in [0.1, 0.15) is 10.4 Å². The van der Waals surface area contributed by atoms with E-state index < -0.39 is 26.4 Å². The number of hydrogen-bond acceptors (Lipinski definition) is 9. The summed E-state index contributed by atoms with van der Waals surface area (Å²) in [5.41, 5.74) is 0.136. The van der Waals surface area contributed by atoms with Crippen LogP contribution in [-0.4, -0.2) is 65.9 Å². The van der Waals surface area contributed by atoms with Crippen LogP contribution < -0.4 is 14.8 Å². The smallest absolute Gasteiger partial charge is 0.316 e. The molecule has 3 aromatic carbocycles. The van der Waals surface area contributed by atoms with E-state index in [9.17, 15) is 21.6 Å². The highest BCUT2D eigenvalue weighted by atomic mass is 35.5. The van der Waals surface area contributed by atoms with Crippen molar-refractivity contribution in [2.45, 2.75) is 4.90 Å². The summed E-state index contributed by atoms with van der Waals surface area (Å²) in [4.78, 5) is 12.9. The zero-order valence-corrected chi connectivity index (χ0v) is 24.2. The van der Waals surface area contributed by atoms with Gasteiger partial charge in [-0.3, -0.25) is 4.79 Å². The minimum atomic E-state index is -3.60. The van der Waals surface area contributed by atoms with E-state index in [2.05, 4.69) is 9.68 Å².